The monoisotopic (exact) mass is 279 g/mol. The molecule has 0 saturated carbocycles. The van der Waals surface area contributed by atoms with Gasteiger partial charge in [0.1, 0.15) is 12.6 Å². The topological polar surface area (TPSA) is 117 Å². The molecule has 0 aliphatic rings. The Kier molecular flexibility index (Phi) is 6.02. The number of benzene rings is 1. The number of rotatable bonds is 7. The van der Waals surface area contributed by atoms with E-state index in [1.807, 2.05) is 6.07 Å². The third kappa shape index (κ3) is 5.85. The molecule has 2 amide bonds. The highest BCUT2D eigenvalue weighted by Gasteiger charge is 2.20. The van der Waals surface area contributed by atoms with Crippen molar-refractivity contribution >= 4 is 18.0 Å². The summed E-state index contributed by atoms with van der Waals surface area (Å²) in [5.74, 6) is -2.15. The summed E-state index contributed by atoms with van der Waals surface area (Å²) in [5, 5.41) is 10.7. The summed E-state index contributed by atoms with van der Waals surface area (Å²) in [6, 6.07) is 7.77. The van der Waals surface area contributed by atoms with Crippen LogP contribution in [0.15, 0.2) is 30.3 Å². The SMILES string of the molecule is [NH]C(=O)[C@H](CCC(=O)O)NC(=O)OCc1ccccc1. The number of carboxylic acids is 1. The van der Waals surface area contributed by atoms with Crippen molar-refractivity contribution < 1.29 is 24.2 Å². The van der Waals surface area contributed by atoms with E-state index in [2.05, 4.69) is 5.32 Å². The van der Waals surface area contributed by atoms with E-state index in [-0.39, 0.29) is 19.4 Å². The van der Waals surface area contributed by atoms with Crippen molar-refractivity contribution in [2.75, 3.05) is 0 Å². The van der Waals surface area contributed by atoms with Gasteiger partial charge in [0.15, 0.2) is 0 Å². The number of hydrogen-bond acceptors (Lipinski definition) is 4. The number of carboxylic acid groups (broad SMARTS) is 1. The highest BCUT2D eigenvalue weighted by molar-refractivity contribution is 5.84. The Bertz CT molecular complexity index is 475. The fourth-order valence-corrected chi connectivity index (χ4v) is 1.44. The summed E-state index contributed by atoms with van der Waals surface area (Å²) >= 11 is 0. The molecule has 107 valence electrons. The lowest BCUT2D eigenvalue weighted by atomic mass is 10.1. The van der Waals surface area contributed by atoms with Crippen molar-refractivity contribution in [2.45, 2.75) is 25.5 Å². The van der Waals surface area contributed by atoms with E-state index in [4.69, 9.17) is 15.6 Å². The van der Waals surface area contributed by atoms with E-state index >= 15 is 0 Å². The van der Waals surface area contributed by atoms with Gasteiger partial charge in [0, 0.05) is 6.42 Å². The third-order valence-corrected chi connectivity index (χ3v) is 2.47. The van der Waals surface area contributed by atoms with Crippen molar-refractivity contribution in [3.05, 3.63) is 35.9 Å². The molecule has 0 aliphatic carbocycles. The van der Waals surface area contributed by atoms with Gasteiger partial charge in [-0.3, -0.25) is 15.3 Å². The predicted octanol–water partition coefficient (Wildman–Crippen LogP) is 0.956. The lowest BCUT2D eigenvalue weighted by Gasteiger charge is -2.14. The Balaban J connectivity index is 2.41. The van der Waals surface area contributed by atoms with Crippen molar-refractivity contribution in [1.29, 1.82) is 0 Å². The van der Waals surface area contributed by atoms with Crippen LogP contribution in [0, 0.1) is 0 Å². The number of hydrogen-bond donors (Lipinski definition) is 2. The Labute approximate surface area is 115 Å². The summed E-state index contributed by atoms with van der Waals surface area (Å²) in [7, 11) is 0. The molecular formula is C13H15N2O5. The van der Waals surface area contributed by atoms with Crippen LogP contribution in [-0.2, 0) is 20.9 Å². The number of aliphatic carboxylic acids is 1. The lowest BCUT2D eigenvalue weighted by molar-refractivity contribution is -0.137. The molecule has 7 nitrogen and oxygen atoms in total. The zero-order chi connectivity index (χ0) is 15.0. The van der Waals surface area contributed by atoms with E-state index in [0.29, 0.717) is 0 Å². The molecule has 1 aromatic carbocycles. The van der Waals surface area contributed by atoms with Gasteiger partial charge in [-0.15, -0.1) is 0 Å². The van der Waals surface area contributed by atoms with E-state index in [0.717, 1.165) is 5.56 Å². The predicted molar refractivity (Wildman–Crippen MR) is 68.5 cm³/mol. The number of ether oxygens (including phenoxy) is 1. The highest BCUT2D eigenvalue weighted by atomic mass is 16.5. The first-order chi connectivity index (χ1) is 9.49. The zero-order valence-corrected chi connectivity index (χ0v) is 10.7. The van der Waals surface area contributed by atoms with Gasteiger partial charge in [-0.05, 0) is 12.0 Å². The molecule has 20 heavy (non-hydrogen) atoms. The van der Waals surface area contributed by atoms with Crippen molar-refractivity contribution in [3.8, 4) is 0 Å². The molecule has 1 aromatic rings. The first kappa shape index (κ1) is 15.5. The second-order valence-electron chi connectivity index (χ2n) is 4.06. The average Bonchev–Trinajstić information content (AvgIpc) is 2.41. The van der Waals surface area contributed by atoms with Crippen molar-refractivity contribution in [1.82, 2.24) is 11.1 Å². The molecule has 0 spiro atoms. The number of carbonyl (C=O) groups is 3. The molecule has 0 bridgehead atoms. The van der Waals surface area contributed by atoms with Gasteiger partial charge < -0.3 is 15.2 Å². The van der Waals surface area contributed by atoms with E-state index in [9.17, 15) is 14.4 Å². The van der Waals surface area contributed by atoms with Crippen LogP contribution in [0.4, 0.5) is 4.79 Å². The van der Waals surface area contributed by atoms with Crippen LogP contribution in [0.25, 0.3) is 0 Å². The first-order valence-corrected chi connectivity index (χ1v) is 5.93. The van der Waals surface area contributed by atoms with Gasteiger partial charge in [-0.25, -0.2) is 4.79 Å². The van der Waals surface area contributed by atoms with Gasteiger partial charge in [-0.1, -0.05) is 30.3 Å². The van der Waals surface area contributed by atoms with Crippen LogP contribution in [0.2, 0.25) is 0 Å². The van der Waals surface area contributed by atoms with Gasteiger partial charge >= 0.3 is 12.1 Å². The molecule has 3 N–H and O–H groups in total. The van der Waals surface area contributed by atoms with Crippen molar-refractivity contribution in [3.63, 3.8) is 0 Å². The average molecular weight is 279 g/mol. The molecule has 7 heteroatoms. The summed E-state index contributed by atoms with van der Waals surface area (Å²) in [6.45, 7) is 0.0323. The standard InChI is InChI=1S/C13H15N2O5/c14-12(18)10(6-7-11(16)17)15-13(19)20-8-9-4-2-1-3-5-9/h1-5,10,14H,6-8H2,(H,15,19)(H,16,17)/t10-/m0/s1. The number of amides is 2. The largest absolute Gasteiger partial charge is 0.481 e. The number of carbonyl (C=O) groups excluding carboxylic acids is 2. The Morgan fingerprint density at radius 1 is 1.25 bits per heavy atom. The quantitative estimate of drug-likeness (QED) is 0.770. The van der Waals surface area contributed by atoms with Gasteiger partial charge in [0.05, 0.1) is 0 Å². The van der Waals surface area contributed by atoms with Crippen LogP contribution in [-0.4, -0.2) is 29.1 Å². The molecule has 0 unspecified atom stereocenters. The van der Waals surface area contributed by atoms with Crippen LogP contribution in [0.5, 0.6) is 0 Å². The van der Waals surface area contributed by atoms with Crippen molar-refractivity contribution in [2.24, 2.45) is 0 Å². The Morgan fingerprint density at radius 3 is 2.45 bits per heavy atom. The van der Waals surface area contributed by atoms with E-state index in [1.165, 1.54) is 0 Å². The second kappa shape index (κ2) is 7.78. The molecule has 0 aromatic heterocycles. The molecule has 0 fully saturated rings. The van der Waals surface area contributed by atoms with E-state index < -0.39 is 24.0 Å². The molecule has 0 aliphatic heterocycles. The fourth-order valence-electron chi connectivity index (χ4n) is 1.44. The maximum absolute atomic E-state index is 11.5. The van der Waals surface area contributed by atoms with Crippen LogP contribution in [0.3, 0.4) is 0 Å². The normalized spacial score (nSPS) is 11.4. The maximum Gasteiger partial charge on any atom is 0.408 e. The van der Waals surface area contributed by atoms with Crippen LogP contribution in [0.1, 0.15) is 18.4 Å². The number of nitrogens with one attached hydrogen (secondary N) is 2. The Hall–Kier alpha value is -2.57. The minimum atomic E-state index is -1.17. The molecule has 1 rings (SSSR count). The van der Waals surface area contributed by atoms with Crippen LogP contribution >= 0.6 is 0 Å². The third-order valence-electron chi connectivity index (χ3n) is 2.47. The summed E-state index contributed by atoms with van der Waals surface area (Å²) in [5.41, 5.74) is 7.75. The van der Waals surface area contributed by atoms with Crippen LogP contribution < -0.4 is 11.1 Å². The molecule has 1 atom stereocenters. The summed E-state index contributed by atoms with van der Waals surface area (Å²) in [4.78, 5) is 32.8. The fraction of sp³-hybridized carbons (Fsp3) is 0.308. The van der Waals surface area contributed by atoms with E-state index in [1.54, 1.807) is 24.3 Å². The summed E-state index contributed by atoms with van der Waals surface area (Å²) < 4.78 is 4.88. The van der Waals surface area contributed by atoms with Gasteiger partial charge in [0.2, 0.25) is 0 Å². The van der Waals surface area contributed by atoms with Gasteiger partial charge in [-0.2, -0.15) is 0 Å². The lowest BCUT2D eigenvalue weighted by Crippen LogP contribution is -2.41. The molecule has 0 heterocycles. The Morgan fingerprint density at radius 2 is 1.90 bits per heavy atom. The number of alkyl carbamates (subject to hydrolysis) is 1. The smallest absolute Gasteiger partial charge is 0.408 e. The summed E-state index contributed by atoms with van der Waals surface area (Å²) in [6.07, 6.45) is -1.31. The minimum Gasteiger partial charge on any atom is -0.481 e. The van der Waals surface area contributed by atoms with Gasteiger partial charge in [0.25, 0.3) is 5.91 Å². The minimum absolute atomic E-state index is 0.0323. The first-order valence-electron chi connectivity index (χ1n) is 5.93. The highest BCUT2D eigenvalue weighted by Crippen LogP contribution is 2.02. The molecule has 1 radical (unpaired) electrons. The second-order valence-corrected chi connectivity index (χ2v) is 4.06. The maximum atomic E-state index is 11.5. The molecule has 0 saturated heterocycles. The molecular weight excluding hydrogens is 264 g/mol. The zero-order valence-electron chi connectivity index (χ0n) is 10.7.